The summed E-state index contributed by atoms with van der Waals surface area (Å²) in [5.41, 5.74) is 2.33. The topological polar surface area (TPSA) is 107 Å². The zero-order chi connectivity index (χ0) is 20.6. The highest BCUT2D eigenvalue weighted by atomic mass is 35.5. The average Bonchev–Trinajstić information content (AvgIpc) is 2.94. The molecule has 0 aliphatic rings. The van der Waals surface area contributed by atoms with Crippen molar-refractivity contribution in [1.82, 2.24) is 14.9 Å². The molecule has 0 amide bonds. The molecule has 0 radical (unpaired) electrons. The smallest absolute Gasteiger partial charge is 0.345 e. The lowest BCUT2D eigenvalue weighted by Gasteiger charge is -2.12. The van der Waals surface area contributed by atoms with E-state index in [1.807, 2.05) is 25.2 Å². The van der Waals surface area contributed by atoms with Crippen molar-refractivity contribution in [3.05, 3.63) is 51.4 Å². The van der Waals surface area contributed by atoms with Gasteiger partial charge in [-0.25, -0.2) is 4.79 Å². The Balaban J connectivity index is 0.00000300. The van der Waals surface area contributed by atoms with Crippen LogP contribution in [0, 0.1) is 0 Å². The quantitative estimate of drug-likeness (QED) is 0.489. The normalized spacial score (nSPS) is 11.1. The number of aromatic amines is 1. The molecule has 1 aromatic carbocycles. The largest absolute Gasteiger partial charge is 0.506 e. The number of aromatic nitrogens is 2. The van der Waals surface area contributed by atoms with Crippen molar-refractivity contribution in [2.24, 2.45) is 7.05 Å². The van der Waals surface area contributed by atoms with Gasteiger partial charge in [-0.1, -0.05) is 26.8 Å². The van der Waals surface area contributed by atoms with Gasteiger partial charge in [-0.05, 0) is 30.2 Å². The monoisotopic (exact) mass is 419 g/mol. The van der Waals surface area contributed by atoms with E-state index >= 15 is 0 Å². The van der Waals surface area contributed by atoms with Crippen LogP contribution in [0.3, 0.4) is 0 Å². The first-order valence-corrected chi connectivity index (χ1v) is 9.28. The van der Waals surface area contributed by atoms with Crippen LogP contribution in [0.2, 0.25) is 0 Å². The summed E-state index contributed by atoms with van der Waals surface area (Å²) in [5.74, 6) is -1.91. The number of rotatable bonds is 6. The second-order valence-corrected chi connectivity index (χ2v) is 7.19. The van der Waals surface area contributed by atoms with Gasteiger partial charge in [0.25, 0.3) is 5.56 Å². The molecule has 7 nitrogen and oxygen atoms in total. The third-order valence-electron chi connectivity index (χ3n) is 4.98. The lowest BCUT2D eigenvalue weighted by molar-refractivity contribution is 0.0691. The van der Waals surface area contributed by atoms with Gasteiger partial charge in [0.05, 0.1) is 5.69 Å². The van der Waals surface area contributed by atoms with Crippen molar-refractivity contribution in [2.45, 2.75) is 39.8 Å². The molecule has 2 aromatic heterocycles. The fraction of sp³-hybridized carbons (Fsp3) is 0.333. The molecule has 0 spiro atoms. The Morgan fingerprint density at radius 2 is 1.97 bits per heavy atom. The second-order valence-electron chi connectivity index (χ2n) is 7.19. The summed E-state index contributed by atoms with van der Waals surface area (Å²) in [6.07, 6.45) is 0.384. The molecule has 0 aliphatic carbocycles. The van der Waals surface area contributed by atoms with Gasteiger partial charge in [0, 0.05) is 41.8 Å². The first-order chi connectivity index (χ1) is 13.2. The van der Waals surface area contributed by atoms with Crippen molar-refractivity contribution < 1.29 is 15.0 Å². The second kappa shape index (κ2) is 8.71. The van der Waals surface area contributed by atoms with E-state index in [9.17, 15) is 19.8 Å². The number of pyridine rings is 1. The van der Waals surface area contributed by atoms with Crippen LogP contribution < -0.4 is 10.9 Å². The van der Waals surface area contributed by atoms with E-state index < -0.39 is 22.8 Å². The fourth-order valence-electron chi connectivity index (χ4n) is 3.46. The lowest BCUT2D eigenvalue weighted by atomic mass is 9.99. The maximum absolute atomic E-state index is 12.2. The minimum Gasteiger partial charge on any atom is -0.506 e. The highest BCUT2D eigenvalue weighted by Gasteiger charge is 2.22. The van der Waals surface area contributed by atoms with E-state index in [-0.39, 0.29) is 12.4 Å². The van der Waals surface area contributed by atoms with Crippen LogP contribution in [0.4, 0.5) is 0 Å². The Morgan fingerprint density at radius 1 is 1.28 bits per heavy atom. The molecule has 2 heterocycles. The van der Waals surface area contributed by atoms with Crippen LogP contribution in [-0.4, -0.2) is 31.8 Å². The molecule has 29 heavy (non-hydrogen) atoms. The Morgan fingerprint density at radius 3 is 2.55 bits per heavy atom. The Kier molecular flexibility index (Phi) is 6.77. The van der Waals surface area contributed by atoms with Crippen molar-refractivity contribution in [2.75, 3.05) is 0 Å². The van der Waals surface area contributed by atoms with Crippen molar-refractivity contribution in [3.8, 4) is 17.0 Å². The van der Waals surface area contributed by atoms with Gasteiger partial charge in [0.15, 0.2) is 5.56 Å². The van der Waals surface area contributed by atoms with Gasteiger partial charge in [0.1, 0.15) is 5.75 Å². The molecule has 4 N–H and O–H groups in total. The third kappa shape index (κ3) is 4.16. The number of aryl methyl sites for hydroxylation is 1. The minimum atomic E-state index is -1.44. The number of H-pyrrole nitrogens is 1. The number of aromatic hydroxyl groups is 1. The van der Waals surface area contributed by atoms with Gasteiger partial charge >= 0.3 is 5.97 Å². The summed E-state index contributed by atoms with van der Waals surface area (Å²) in [6, 6.07) is 8.24. The molecule has 156 valence electrons. The fourth-order valence-corrected chi connectivity index (χ4v) is 3.46. The predicted molar refractivity (Wildman–Crippen MR) is 116 cm³/mol. The molecule has 8 heteroatoms. The number of benzene rings is 1. The SMILES string of the molecule is CCc1c(-c2ccc3c(c2)cc(CNC(C)C)n3C)[nH]c(=O)c(C(=O)O)c1O.Cl. The van der Waals surface area contributed by atoms with Gasteiger partial charge in [-0.15, -0.1) is 12.4 Å². The summed E-state index contributed by atoms with van der Waals surface area (Å²) in [5, 5.41) is 24.0. The highest BCUT2D eigenvalue weighted by molar-refractivity contribution is 5.92. The summed E-state index contributed by atoms with van der Waals surface area (Å²) in [6.45, 7) is 6.73. The number of carbonyl (C=O) groups is 1. The molecule has 3 rings (SSSR count). The number of fused-ring (bicyclic) bond motifs is 1. The zero-order valence-corrected chi connectivity index (χ0v) is 17.7. The number of hydrogen-bond acceptors (Lipinski definition) is 4. The average molecular weight is 420 g/mol. The molecule has 0 unspecified atom stereocenters. The number of halogens is 1. The van der Waals surface area contributed by atoms with E-state index in [0.29, 0.717) is 23.7 Å². The Hall–Kier alpha value is -2.77. The van der Waals surface area contributed by atoms with Crippen LogP contribution in [0.5, 0.6) is 5.75 Å². The van der Waals surface area contributed by atoms with Crippen molar-refractivity contribution in [1.29, 1.82) is 0 Å². The molecule has 0 bridgehead atoms. The Bertz CT molecular complexity index is 1120. The predicted octanol–water partition coefficient (Wildman–Crippen LogP) is 3.42. The van der Waals surface area contributed by atoms with Crippen molar-refractivity contribution in [3.63, 3.8) is 0 Å². The maximum atomic E-state index is 12.2. The number of hydrogen-bond donors (Lipinski definition) is 4. The van der Waals surface area contributed by atoms with E-state index in [1.165, 1.54) is 0 Å². The van der Waals surface area contributed by atoms with Gasteiger partial charge in [-0.3, -0.25) is 4.79 Å². The molecule has 0 atom stereocenters. The highest BCUT2D eigenvalue weighted by Crippen LogP contribution is 2.32. The number of aromatic carboxylic acids is 1. The zero-order valence-electron chi connectivity index (χ0n) is 16.9. The summed E-state index contributed by atoms with van der Waals surface area (Å²) >= 11 is 0. The van der Waals surface area contributed by atoms with Crippen LogP contribution in [0.15, 0.2) is 29.1 Å². The molecule has 0 saturated carbocycles. The molecular weight excluding hydrogens is 394 g/mol. The van der Waals surface area contributed by atoms with E-state index in [4.69, 9.17) is 0 Å². The van der Waals surface area contributed by atoms with Crippen molar-refractivity contribution >= 4 is 29.3 Å². The first kappa shape index (κ1) is 22.5. The molecule has 0 saturated heterocycles. The molecule has 3 aromatic rings. The van der Waals surface area contributed by atoms with E-state index in [0.717, 1.165) is 28.7 Å². The first-order valence-electron chi connectivity index (χ1n) is 9.28. The van der Waals surface area contributed by atoms with Crippen LogP contribution >= 0.6 is 12.4 Å². The molecule has 0 aliphatic heterocycles. The van der Waals surface area contributed by atoms with Crippen LogP contribution in [0.25, 0.3) is 22.2 Å². The number of carboxylic acids is 1. The number of nitrogens with one attached hydrogen (secondary N) is 2. The Labute approximate surface area is 174 Å². The maximum Gasteiger partial charge on any atom is 0.345 e. The molecule has 0 fully saturated rings. The van der Waals surface area contributed by atoms with Crippen LogP contribution in [0.1, 0.15) is 42.4 Å². The summed E-state index contributed by atoms with van der Waals surface area (Å²) in [7, 11) is 2.01. The third-order valence-corrected chi connectivity index (χ3v) is 4.98. The number of nitrogens with zero attached hydrogens (tertiary/aromatic N) is 1. The molecular formula is C21H26ClN3O4. The van der Waals surface area contributed by atoms with E-state index in [2.05, 4.69) is 34.8 Å². The van der Waals surface area contributed by atoms with Gasteiger partial charge in [0.2, 0.25) is 0 Å². The lowest BCUT2D eigenvalue weighted by Crippen LogP contribution is -2.22. The van der Waals surface area contributed by atoms with Gasteiger partial charge < -0.3 is 25.1 Å². The van der Waals surface area contributed by atoms with E-state index in [1.54, 1.807) is 6.92 Å². The standard InChI is InChI=1S/C21H25N3O4.ClH/c1-5-15-18(23-20(26)17(19(15)25)21(27)28)12-6-7-16-13(8-12)9-14(24(16)4)10-22-11(2)3;/h6-9,11,22H,5,10H2,1-4H3,(H,27,28)(H2,23,25,26);1H. The van der Waals surface area contributed by atoms with Crippen LogP contribution in [-0.2, 0) is 20.0 Å². The minimum absolute atomic E-state index is 0. The summed E-state index contributed by atoms with van der Waals surface area (Å²) in [4.78, 5) is 26.1. The summed E-state index contributed by atoms with van der Waals surface area (Å²) < 4.78 is 2.11. The van der Waals surface area contributed by atoms with Gasteiger partial charge in [-0.2, -0.15) is 0 Å². The number of carboxylic acid groups (broad SMARTS) is 1.